The van der Waals surface area contributed by atoms with Crippen LogP contribution in [-0.2, 0) is 14.3 Å². The van der Waals surface area contributed by atoms with E-state index in [9.17, 15) is 9.59 Å². The fourth-order valence-electron chi connectivity index (χ4n) is 3.35. The first-order valence-corrected chi connectivity index (χ1v) is 10.2. The number of amides is 1. The monoisotopic (exact) mass is 395 g/mol. The van der Waals surface area contributed by atoms with Crippen LogP contribution in [0, 0.1) is 12.8 Å². The van der Waals surface area contributed by atoms with E-state index >= 15 is 0 Å². The summed E-state index contributed by atoms with van der Waals surface area (Å²) in [5, 5.41) is 3.00. The molecule has 5 nitrogen and oxygen atoms in total. The lowest BCUT2D eigenvalue weighted by Crippen LogP contribution is -2.34. The van der Waals surface area contributed by atoms with Crippen LogP contribution in [0.4, 0.5) is 0 Å². The third-order valence-corrected chi connectivity index (χ3v) is 5.07. The van der Waals surface area contributed by atoms with Crippen molar-refractivity contribution in [1.82, 2.24) is 5.32 Å². The zero-order valence-corrected chi connectivity index (χ0v) is 17.3. The van der Waals surface area contributed by atoms with E-state index in [4.69, 9.17) is 9.47 Å². The standard InChI is InChI=1S/C24H29NO4/c1-16(2)20-12-9-17(3)13-21(20)28-15-23(27)29-14-22(26)25-24(19-10-11-19)18-7-5-4-6-8-18/h4-9,12-13,16,19,24H,10-11,14-15H2,1-3H3,(H,25,26). The molecule has 29 heavy (non-hydrogen) atoms. The fourth-order valence-corrected chi connectivity index (χ4v) is 3.35. The molecule has 1 aliphatic carbocycles. The number of aryl methyl sites for hydroxylation is 1. The summed E-state index contributed by atoms with van der Waals surface area (Å²) in [4.78, 5) is 24.4. The molecule has 1 amide bonds. The zero-order valence-electron chi connectivity index (χ0n) is 17.3. The van der Waals surface area contributed by atoms with E-state index in [0.717, 1.165) is 29.5 Å². The van der Waals surface area contributed by atoms with Crippen molar-refractivity contribution in [3.05, 3.63) is 65.2 Å². The number of hydrogen-bond acceptors (Lipinski definition) is 4. The maximum absolute atomic E-state index is 12.3. The molecule has 5 heteroatoms. The molecule has 1 saturated carbocycles. The molecule has 0 spiro atoms. The van der Waals surface area contributed by atoms with Crippen LogP contribution in [0.2, 0.25) is 0 Å². The average molecular weight is 395 g/mol. The lowest BCUT2D eigenvalue weighted by atomic mass is 10.0. The molecular formula is C24H29NO4. The van der Waals surface area contributed by atoms with Crippen LogP contribution in [-0.4, -0.2) is 25.1 Å². The van der Waals surface area contributed by atoms with Gasteiger partial charge in [-0.3, -0.25) is 4.79 Å². The predicted molar refractivity (Wildman–Crippen MR) is 112 cm³/mol. The van der Waals surface area contributed by atoms with Gasteiger partial charge in [0.05, 0.1) is 6.04 Å². The Kier molecular flexibility index (Phi) is 6.91. The molecule has 1 atom stereocenters. The van der Waals surface area contributed by atoms with E-state index in [1.807, 2.05) is 55.5 Å². The van der Waals surface area contributed by atoms with Gasteiger partial charge in [0.15, 0.2) is 13.2 Å². The first-order chi connectivity index (χ1) is 13.9. The summed E-state index contributed by atoms with van der Waals surface area (Å²) in [5.41, 5.74) is 3.18. The lowest BCUT2D eigenvalue weighted by molar-refractivity contribution is -0.150. The van der Waals surface area contributed by atoms with Gasteiger partial charge in [-0.25, -0.2) is 4.79 Å². The van der Waals surface area contributed by atoms with Gasteiger partial charge in [0.25, 0.3) is 5.91 Å². The molecule has 1 unspecified atom stereocenters. The van der Waals surface area contributed by atoms with Gasteiger partial charge in [-0.2, -0.15) is 0 Å². The molecule has 2 aromatic rings. The van der Waals surface area contributed by atoms with Crippen molar-refractivity contribution >= 4 is 11.9 Å². The topological polar surface area (TPSA) is 64.6 Å². The SMILES string of the molecule is Cc1ccc(C(C)C)c(OCC(=O)OCC(=O)NC(c2ccccc2)C2CC2)c1. The summed E-state index contributed by atoms with van der Waals surface area (Å²) in [7, 11) is 0. The van der Waals surface area contributed by atoms with Crippen LogP contribution in [0.3, 0.4) is 0 Å². The highest BCUT2D eigenvalue weighted by atomic mass is 16.6. The van der Waals surface area contributed by atoms with E-state index in [-0.39, 0.29) is 31.1 Å². The number of hydrogen-bond donors (Lipinski definition) is 1. The number of ether oxygens (including phenoxy) is 2. The minimum absolute atomic E-state index is 0.0282. The second kappa shape index (κ2) is 9.59. The smallest absolute Gasteiger partial charge is 0.344 e. The Morgan fingerprint density at radius 2 is 1.79 bits per heavy atom. The zero-order chi connectivity index (χ0) is 20.8. The summed E-state index contributed by atoms with van der Waals surface area (Å²) in [6, 6.07) is 15.8. The van der Waals surface area contributed by atoms with Gasteiger partial charge in [-0.05, 0) is 54.4 Å². The van der Waals surface area contributed by atoms with Crippen molar-refractivity contribution in [3.8, 4) is 5.75 Å². The first-order valence-electron chi connectivity index (χ1n) is 10.2. The van der Waals surface area contributed by atoms with Crippen molar-refractivity contribution in [2.45, 2.75) is 45.6 Å². The van der Waals surface area contributed by atoms with E-state index in [2.05, 4.69) is 19.2 Å². The first kappa shape index (κ1) is 20.9. The van der Waals surface area contributed by atoms with Crippen LogP contribution < -0.4 is 10.1 Å². The largest absolute Gasteiger partial charge is 0.482 e. The number of esters is 1. The average Bonchev–Trinajstić information content (AvgIpc) is 3.54. The van der Waals surface area contributed by atoms with Crippen LogP contribution in [0.5, 0.6) is 5.75 Å². The van der Waals surface area contributed by atoms with Crippen molar-refractivity contribution in [1.29, 1.82) is 0 Å². The van der Waals surface area contributed by atoms with Gasteiger partial charge in [0.1, 0.15) is 5.75 Å². The molecule has 0 radical (unpaired) electrons. The molecule has 2 aromatic carbocycles. The molecular weight excluding hydrogens is 366 g/mol. The number of nitrogens with one attached hydrogen (secondary N) is 1. The van der Waals surface area contributed by atoms with Crippen LogP contribution >= 0.6 is 0 Å². The third-order valence-electron chi connectivity index (χ3n) is 5.07. The molecule has 0 heterocycles. The Bertz CT molecular complexity index is 843. The van der Waals surface area contributed by atoms with Gasteiger partial charge < -0.3 is 14.8 Å². The summed E-state index contributed by atoms with van der Waals surface area (Å²) < 4.78 is 10.8. The number of carbonyl (C=O) groups excluding carboxylic acids is 2. The molecule has 3 rings (SSSR count). The number of benzene rings is 2. The van der Waals surface area contributed by atoms with Gasteiger partial charge in [0.2, 0.25) is 0 Å². The Hall–Kier alpha value is -2.82. The number of rotatable bonds is 9. The molecule has 154 valence electrons. The minimum Gasteiger partial charge on any atom is -0.482 e. The highest BCUT2D eigenvalue weighted by Crippen LogP contribution is 2.40. The van der Waals surface area contributed by atoms with Gasteiger partial charge in [0, 0.05) is 0 Å². The normalized spacial score (nSPS) is 14.3. The predicted octanol–water partition coefficient (Wildman–Crippen LogP) is 4.31. The van der Waals surface area contributed by atoms with Crippen molar-refractivity contribution in [2.24, 2.45) is 5.92 Å². The van der Waals surface area contributed by atoms with Crippen LogP contribution in [0.15, 0.2) is 48.5 Å². The quantitative estimate of drug-likeness (QED) is 0.643. The molecule has 0 aliphatic heterocycles. The summed E-state index contributed by atoms with van der Waals surface area (Å²) >= 11 is 0. The van der Waals surface area contributed by atoms with Crippen molar-refractivity contribution < 1.29 is 19.1 Å². The molecule has 1 aliphatic rings. The van der Waals surface area contributed by atoms with Gasteiger partial charge >= 0.3 is 5.97 Å². The maximum atomic E-state index is 12.3. The number of carbonyl (C=O) groups is 2. The second-order valence-corrected chi connectivity index (χ2v) is 7.94. The van der Waals surface area contributed by atoms with Gasteiger partial charge in [-0.15, -0.1) is 0 Å². The van der Waals surface area contributed by atoms with E-state index < -0.39 is 5.97 Å². The summed E-state index contributed by atoms with van der Waals surface area (Å²) in [6.07, 6.45) is 2.20. The highest BCUT2D eigenvalue weighted by molar-refractivity contribution is 5.81. The van der Waals surface area contributed by atoms with E-state index in [1.54, 1.807) is 0 Å². The van der Waals surface area contributed by atoms with Gasteiger partial charge in [-0.1, -0.05) is 56.3 Å². The van der Waals surface area contributed by atoms with Crippen molar-refractivity contribution in [2.75, 3.05) is 13.2 Å². The lowest BCUT2D eigenvalue weighted by Gasteiger charge is -2.19. The summed E-state index contributed by atoms with van der Waals surface area (Å²) in [5.74, 6) is 0.566. The maximum Gasteiger partial charge on any atom is 0.344 e. The Morgan fingerprint density at radius 3 is 2.45 bits per heavy atom. The molecule has 1 N–H and O–H groups in total. The Labute approximate surface area is 172 Å². The second-order valence-electron chi connectivity index (χ2n) is 7.94. The summed E-state index contributed by atoms with van der Waals surface area (Å²) in [6.45, 7) is 5.60. The highest BCUT2D eigenvalue weighted by Gasteiger charge is 2.33. The van der Waals surface area contributed by atoms with Crippen LogP contribution in [0.1, 0.15) is 55.3 Å². The minimum atomic E-state index is -0.556. The van der Waals surface area contributed by atoms with Crippen molar-refractivity contribution in [3.63, 3.8) is 0 Å². The van der Waals surface area contributed by atoms with Crippen LogP contribution in [0.25, 0.3) is 0 Å². The Morgan fingerprint density at radius 1 is 1.07 bits per heavy atom. The Balaban J connectivity index is 1.48. The fraction of sp³-hybridized carbons (Fsp3) is 0.417. The molecule has 0 bridgehead atoms. The molecule has 1 fully saturated rings. The molecule has 0 saturated heterocycles. The van der Waals surface area contributed by atoms with E-state index in [0.29, 0.717) is 11.7 Å². The molecule has 0 aromatic heterocycles. The third kappa shape index (κ3) is 6.08. The van der Waals surface area contributed by atoms with E-state index in [1.165, 1.54) is 0 Å².